The second-order valence-corrected chi connectivity index (χ2v) is 16.9. The van der Waals surface area contributed by atoms with Gasteiger partial charge in [0.15, 0.2) is 0 Å². The fraction of sp³-hybridized carbons (Fsp3) is 0.381. The minimum Gasteiger partial charge on any atom is -0.872 e. The molecule has 7 heteroatoms. The van der Waals surface area contributed by atoms with Gasteiger partial charge in [-0.3, -0.25) is 0 Å². The minimum absolute atomic E-state index is 0.00888. The van der Waals surface area contributed by atoms with Crippen LogP contribution in [-0.2, 0) is 26.5 Å². The Morgan fingerprint density at radius 2 is 1.10 bits per heavy atom. The summed E-state index contributed by atoms with van der Waals surface area (Å²) < 4.78 is 10.5. The monoisotopic (exact) mass is 699 g/mol. The van der Waals surface area contributed by atoms with Gasteiger partial charge in [0.2, 0.25) is 0 Å². The van der Waals surface area contributed by atoms with Gasteiger partial charge in [0.1, 0.15) is 11.5 Å². The van der Waals surface area contributed by atoms with Gasteiger partial charge in [0.05, 0.1) is 0 Å². The van der Waals surface area contributed by atoms with E-state index in [1.54, 1.807) is 12.1 Å². The molecule has 2 unspecified atom stereocenters. The summed E-state index contributed by atoms with van der Waals surface area (Å²) >= 11 is 0.0514. The predicted octanol–water partition coefficient (Wildman–Crippen LogP) is 8.66. The van der Waals surface area contributed by atoms with Crippen molar-refractivity contribution < 1.29 is 42.8 Å². The molecule has 1 aliphatic carbocycles. The van der Waals surface area contributed by atoms with Gasteiger partial charge in [0, 0.05) is 0 Å². The molecule has 0 aromatic heterocycles. The molecule has 1 saturated carbocycles. The van der Waals surface area contributed by atoms with Crippen LogP contribution in [0.5, 0.6) is 28.7 Å². The quantitative estimate of drug-likeness (QED) is 0.224. The van der Waals surface area contributed by atoms with Crippen LogP contribution in [0.3, 0.4) is 0 Å². The molecule has 2 atom stereocenters. The summed E-state index contributed by atoms with van der Waals surface area (Å²) in [7, 11) is 0. The van der Waals surface area contributed by atoms with E-state index >= 15 is 0 Å². The van der Waals surface area contributed by atoms with Gasteiger partial charge in [-0.05, 0) is 24.3 Å². The maximum Gasteiger partial charge on any atom is 0.127 e. The molecule has 4 aromatic rings. The van der Waals surface area contributed by atoms with Crippen LogP contribution in [-0.4, -0.2) is 41.8 Å². The third-order valence-corrected chi connectivity index (χ3v) is 10.8. The number of hydrogen-bond acceptors (Lipinski definition) is 4. The molecule has 2 N–H and O–H groups in total. The largest absolute Gasteiger partial charge is 0.872 e. The third-order valence-electron chi connectivity index (χ3n) is 9.06. The van der Waals surface area contributed by atoms with Gasteiger partial charge in [-0.25, -0.2) is 0 Å². The number of benzene rings is 4. The van der Waals surface area contributed by atoms with Crippen LogP contribution >= 0.6 is 0 Å². The van der Waals surface area contributed by atoms with E-state index in [1.165, 1.54) is 48.9 Å². The molecular formula is C42H51CrN2O4+. The zero-order valence-electron chi connectivity index (χ0n) is 30.2. The van der Waals surface area contributed by atoms with E-state index in [2.05, 4.69) is 99.2 Å². The number of fused-ring (bicyclic) bond motifs is 1. The SMILES string of the molecule is Cc1cc(C=[N+]2[Cr][N+](=Cc3cc(C)cc(C(C)(C)C)c3O)C3CCCCC32)c(O)c(C(C)(C)C)c1.[O-]c1ccc(Oc2ccccc2)cc1. The molecule has 4 aromatic carbocycles. The summed E-state index contributed by atoms with van der Waals surface area (Å²) in [4.78, 5) is 0. The van der Waals surface area contributed by atoms with E-state index in [1.807, 2.05) is 30.3 Å². The minimum atomic E-state index is -0.116. The molecule has 0 amide bonds. The Morgan fingerprint density at radius 1 is 0.673 bits per heavy atom. The molecule has 2 aliphatic rings. The van der Waals surface area contributed by atoms with Crippen LogP contribution in [0.25, 0.3) is 0 Å². The summed E-state index contributed by atoms with van der Waals surface area (Å²) in [5, 5.41) is 33.2. The Bertz CT molecular complexity index is 1740. The number of phenols is 2. The summed E-state index contributed by atoms with van der Waals surface area (Å²) in [5.74, 6) is 2.24. The maximum absolute atomic E-state index is 11.2. The van der Waals surface area contributed by atoms with E-state index < -0.39 is 0 Å². The Morgan fingerprint density at radius 3 is 1.53 bits per heavy atom. The fourth-order valence-electron chi connectivity index (χ4n) is 6.51. The first-order valence-electron chi connectivity index (χ1n) is 17.2. The summed E-state index contributed by atoms with van der Waals surface area (Å²) in [6.45, 7) is 17.1. The first-order chi connectivity index (χ1) is 23.1. The molecule has 2 fully saturated rings. The molecular weight excluding hydrogens is 648 g/mol. The Balaban J connectivity index is 0.000000278. The molecule has 1 aliphatic heterocycles. The van der Waals surface area contributed by atoms with E-state index in [-0.39, 0.29) is 32.2 Å². The number of rotatable bonds is 4. The Kier molecular flexibility index (Phi) is 11.0. The molecule has 1 saturated heterocycles. The first kappa shape index (κ1) is 36.2. The second-order valence-electron chi connectivity index (χ2n) is 15.4. The molecule has 6 rings (SSSR count). The number of para-hydroxylation sites is 1. The Labute approximate surface area is 299 Å². The van der Waals surface area contributed by atoms with E-state index in [0.29, 0.717) is 29.3 Å². The van der Waals surface area contributed by atoms with Gasteiger partial charge < -0.3 is 9.84 Å². The van der Waals surface area contributed by atoms with Crippen molar-refractivity contribution in [1.82, 2.24) is 0 Å². The number of hydrogen-bond donors (Lipinski definition) is 2. The molecule has 49 heavy (non-hydrogen) atoms. The van der Waals surface area contributed by atoms with Crippen molar-refractivity contribution in [2.45, 2.75) is 104 Å². The van der Waals surface area contributed by atoms with Crippen molar-refractivity contribution in [3.05, 3.63) is 112 Å². The van der Waals surface area contributed by atoms with Gasteiger partial charge in [-0.1, -0.05) is 30.3 Å². The molecule has 0 bridgehead atoms. The van der Waals surface area contributed by atoms with Crippen molar-refractivity contribution in [1.29, 1.82) is 0 Å². The van der Waals surface area contributed by atoms with Crippen molar-refractivity contribution in [2.24, 2.45) is 0 Å². The number of phenolic OH excluding ortho intramolecular Hbond substituents is 2. The van der Waals surface area contributed by atoms with Crippen molar-refractivity contribution in [3.8, 4) is 28.7 Å². The number of ether oxygens (including phenoxy) is 1. The van der Waals surface area contributed by atoms with Crippen molar-refractivity contribution in [2.75, 3.05) is 0 Å². The van der Waals surface area contributed by atoms with Gasteiger partial charge in [-0.2, -0.15) is 0 Å². The van der Waals surface area contributed by atoms with Gasteiger partial charge in [-0.15, -0.1) is 5.75 Å². The van der Waals surface area contributed by atoms with Crippen LogP contribution in [0.4, 0.5) is 0 Å². The number of aryl methyl sites for hydroxylation is 2. The molecule has 258 valence electrons. The molecule has 0 radical (unpaired) electrons. The normalized spacial score (nSPS) is 19.3. The van der Waals surface area contributed by atoms with Crippen molar-refractivity contribution in [3.63, 3.8) is 0 Å². The van der Waals surface area contributed by atoms with E-state index in [0.717, 1.165) is 28.0 Å². The van der Waals surface area contributed by atoms with Gasteiger partial charge in [0.25, 0.3) is 0 Å². The summed E-state index contributed by atoms with van der Waals surface area (Å²) in [6.07, 6.45) is 9.22. The Hall–Kier alpha value is -4.05. The zero-order chi connectivity index (χ0) is 35.5. The van der Waals surface area contributed by atoms with Crippen LogP contribution < -0.4 is 9.84 Å². The van der Waals surface area contributed by atoms with Crippen LogP contribution in [0.2, 0.25) is 0 Å². The predicted molar refractivity (Wildman–Crippen MR) is 192 cm³/mol. The summed E-state index contributed by atoms with van der Waals surface area (Å²) in [5.41, 5.74) is 5.94. The summed E-state index contributed by atoms with van der Waals surface area (Å²) in [6, 6.07) is 25.1. The standard InChI is InChI=1S/C30H42N2O2.C12H10O2.Cr/c1-19-13-21(27(33)23(15-19)29(3,4)5)17-31-25-11-9-10-12-26(25)32-18-22-14-20(2)16-24(28(22)34)30(6,7)8;13-10-6-8-12(9-7-10)14-11-4-2-1-3-5-11;/h13-18,25-26,33-34H,9-12H2,1-8H3;1-9,13H;/q;;+2/p-1. The fourth-order valence-corrected chi connectivity index (χ4v) is 8.50. The molecule has 0 spiro atoms. The van der Waals surface area contributed by atoms with Crippen LogP contribution in [0, 0.1) is 13.8 Å². The van der Waals surface area contributed by atoms with E-state index in [9.17, 15) is 15.3 Å². The first-order valence-corrected chi connectivity index (χ1v) is 18.4. The van der Waals surface area contributed by atoms with Crippen LogP contribution in [0.1, 0.15) is 101 Å². The topological polar surface area (TPSA) is 78.8 Å². The maximum atomic E-state index is 11.2. The number of nitrogens with zero attached hydrogens (tertiary/aromatic N) is 2. The van der Waals surface area contributed by atoms with E-state index in [4.69, 9.17) is 4.74 Å². The van der Waals surface area contributed by atoms with Crippen molar-refractivity contribution >= 4 is 12.4 Å². The second kappa shape index (κ2) is 14.8. The smallest absolute Gasteiger partial charge is 0.127 e. The van der Waals surface area contributed by atoms with Gasteiger partial charge >= 0.3 is 219 Å². The van der Waals surface area contributed by atoms with Crippen LogP contribution in [0.15, 0.2) is 78.9 Å². The zero-order valence-corrected chi connectivity index (χ0v) is 31.4. The average molecular weight is 700 g/mol. The average Bonchev–Trinajstić information content (AvgIpc) is 3.38. The molecule has 1 heterocycles. The third kappa shape index (κ3) is 8.95. The molecule has 6 nitrogen and oxygen atoms in total. The number of aromatic hydroxyl groups is 2.